The van der Waals surface area contributed by atoms with Crippen molar-refractivity contribution in [3.63, 3.8) is 0 Å². The van der Waals surface area contributed by atoms with Gasteiger partial charge in [-0.05, 0) is 56.1 Å². The molecule has 1 heterocycles. The Balaban J connectivity index is 2.08. The molecule has 0 amide bonds. The predicted molar refractivity (Wildman–Crippen MR) is 80.9 cm³/mol. The lowest BCUT2D eigenvalue weighted by atomic mass is 9.98. The number of piperidine rings is 1. The SMILES string of the molecule is NCCC1CCCCN1Cc1cc(Cl)ccc1Br. The van der Waals surface area contributed by atoms with E-state index in [1.807, 2.05) is 12.1 Å². The van der Waals surface area contributed by atoms with Crippen molar-refractivity contribution in [2.75, 3.05) is 13.1 Å². The smallest absolute Gasteiger partial charge is 0.0410 e. The summed E-state index contributed by atoms with van der Waals surface area (Å²) >= 11 is 9.68. The van der Waals surface area contributed by atoms with Gasteiger partial charge >= 0.3 is 0 Å². The zero-order valence-electron chi connectivity index (χ0n) is 10.5. The number of rotatable bonds is 4. The molecule has 1 unspecified atom stereocenters. The molecule has 1 aliphatic rings. The van der Waals surface area contributed by atoms with E-state index in [1.54, 1.807) is 0 Å². The molecule has 1 aliphatic heterocycles. The highest BCUT2D eigenvalue weighted by molar-refractivity contribution is 9.10. The first kappa shape index (κ1) is 14.3. The molecule has 1 fully saturated rings. The van der Waals surface area contributed by atoms with Crippen LogP contribution in [0.1, 0.15) is 31.2 Å². The molecule has 0 saturated carbocycles. The Morgan fingerprint density at radius 2 is 2.22 bits per heavy atom. The Kier molecular flexibility index (Phi) is 5.49. The van der Waals surface area contributed by atoms with Crippen molar-refractivity contribution in [3.05, 3.63) is 33.3 Å². The van der Waals surface area contributed by atoms with Crippen molar-refractivity contribution in [2.45, 2.75) is 38.3 Å². The third-order valence-electron chi connectivity index (χ3n) is 3.63. The lowest BCUT2D eigenvalue weighted by Gasteiger charge is -2.36. The summed E-state index contributed by atoms with van der Waals surface area (Å²) in [6.45, 7) is 2.91. The van der Waals surface area contributed by atoms with Crippen LogP contribution in [-0.2, 0) is 6.54 Å². The van der Waals surface area contributed by atoms with Crippen LogP contribution in [0.15, 0.2) is 22.7 Å². The van der Waals surface area contributed by atoms with E-state index in [0.717, 1.165) is 29.0 Å². The fourth-order valence-electron chi connectivity index (χ4n) is 2.67. The summed E-state index contributed by atoms with van der Waals surface area (Å²) in [6.07, 6.45) is 4.99. The second kappa shape index (κ2) is 6.90. The first-order valence-electron chi connectivity index (χ1n) is 6.58. The fourth-order valence-corrected chi connectivity index (χ4v) is 3.24. The number of halogens is 2. The maximum atomic E-state index is 6.07. The normalized spacial score (nSPS) is 21.2. The average Bonchev–Trinajstić information content (AvgIpc) is 2.36. The van der Waals surface area contributed by atoms with Gasteiger partial charge in [-0.15, -0.1) is 0 Å². The molecule has 1 aromatic rings. The number of nitrogens with zero attached hydrogens (tertiary/aromatic N) is 1. The molecule has 2 nitrogen and oxygen atoms in total. The van der Waals surface area contributed by atoms with Gasteiger partial charge in [0.2, 0.25) is 0 Å². The van der Waals surface area contributed by atoms with Crippen molar-refractivity contribution < 1.29 is 0 Å². The van der Waals surface area contributed by atoms with Gasteiger partial charge in [-0.3, -0.25) is 4.90 Å². The number of benzene rings is 1. The summed E-state index contributed by atoms with van der Waals surface area (Å²) < 4.78 is 1.14. The monoisotopic (exact) mass is 330 g/mol. The van der Waals surface area contributed by atoms with Crippen molar-refractivity contribution in [3.8, 4) is 0 Å². The first-order valence-corrected chi connectivity index (χ1v) is 7.76. The fraction of sp³-hybridized carbons (Fsp3) is 0.571. The van der Waals surface area contributed by atoms with Crippen LogP contribution in [-0.4, -0.2) is 24.0 Å². The van der Waals surface area contributed by atoms with Crippen LogP contribution in [0.4, 0.5) is 0 Å². The van der Waals surface area contributed by atoms with Gasteiger partial charge in [-0.25, -0.2) is 0 Å². The molecule has 2 rings (SSSR count). The summed E-state index contributed by atoms with van der Waals surface area (Å²) in [7, 11) is 0. The van der Waals surface area contributed by atoms with Crippen LogP contribution in [0.5, 0.6) is 0 Å². The molecule has 2 N–H and O–H groups in total. The lowest BCUT2D eigenvalue weighted by molar-refractivity contribution is 0.134. The minimum absolute atomic E-state index is 0.634. The van der Waals surface area contributed by atoms with E-state index >= 15 is 0 Å². The van der Waals surface area contributed by atoms with E-state index < -0.39 is 0 Å². The maximum absolute atomic E-state index is 6.07. The lowest BCUT2D eigenvalue weighted by Crippen LogP contribution is -2.40. The van der Waals surface area contributed by atoms with Crippen molar-refractivity contribution in [2.24, 2.45) is 5.73 Å². The quantitative estimate of drug-likeness (QED) is 0.909. The highest BCUT2D eigenvalue weighted by atomic mass is 79.9. The van der Waals surface area contributed by atoms with Gasteiger partial charge in [0.15, 0.2) is 0 Å². The Morgan fingerprint density at radius 3 is 3.00 bits per heavy atom. The Labute approximate surface area is 123 Å². The Morgan fingerprint density at radius 1 is 1.39 bits per heavy atom. The largest absolute Gasteiger partial charge is 0.330 e. The Bertz CT molecular complexity index is 395. The van der Waals surface area contributed by atoms with Crippen LogP contribution in [0.2, 0.25) is 5.02 Å². The molecule has 18 heavy (non-hydrogen) atoms. The van der Waals surface area contributed by atoms with Crippen molar-refractivity contribution in [1.82, 2.24) is 4.90 Å². The molecular formula is C14H20BrClN2. The van der Waals surface area contributed by atoms with Gasteiger partial charge in [0.25, 0.3) is 0 Å². The summed E-state index contributed by atoms with van der Waals surface area (Å²) in [4.78, 5) is 2.55. The number of hydrogen-bond donors (Lipinski definition) is 1. The third-order valence-corrected chi connectivity index (χ3v) is 4.64. The van der Waals surface area contributed by atoms with Gasteiger partial charge < -0.3 is 5.73 Å². The Hall–Kier alpha value is -0.0900. The van der Waals surface area contributed by atoms with Gasteiger partial charge in [0.1, 0.15) is 0 Å². The molecule has 0 spiro atoms. The van der Waals surface area contributed by atoms with E-state index in [2.05, 4.69) is 26.9 Å². The summed E-state index contributed by atoms with van der Waals surface area (Å²) in [5.74, 6) is 0. The van der Waals surface area contributed by atoms with E-state index in [-0.39, 0.29) is 0 Å². The maximum Gasteiger partial charge on any atom is 0.0410 e. The van der Waals surface area contributed by atoms with E-state index in [4.69, 9.17) is 17.3 Å². The summed E-state index contributed by atoms with van der Waals surface area (Å²) in [6, 6.07) is 6.64. The molecule has 0 radical (unpaired) electrons. The molecule has 0 aliphatic carbocycles. The molecule has 1 aromatic carbocycles. The van der Waals surface area contributed by atoms with Crippen molar-refractivity contribution >= 4 is 27.5 Å². The molecule has 1 saturated heterocycles. The van der Waals surface area contributed by atoms with Gasteiger partial charge in [0.05, 0.1) is 0 Å². The molecule has 4 heteroatoms. The van der Waals surface area contributed by atoms with Crippen LogP contribution in [0, 0.1) is 0 Å². The minimum Gasteiger partial charge on any atom is -0.330 e. The van der Waals surface area contributed by atoms with Crippen LogP contribution >= 0.6 is 27.5 Å². The number of nitrogens with two attached hydrogens (primary N) is 1. The first-order chi connectivity index (χ1) is 8.70. The standard InChI is InChI=1S/C14H20BrClN2/c15-14-5-4-12(16)9-11(14)10-18-8-2-1-3-13(18)6-7-17/h4-5,9,13H,1-3,6-8,10,17H2. The van der Waals surface area contributed by atoms with Crippen LogP contribution in [0.25, 0.3) is 0 Å². The molecule has 0 aromatic heterocycles. The summed E-state index contributed by atoms with van der Waals surface area (Å²) in [5, 5.41) is 0.806. The predicted octanol–water partition coefficient (Wildman–Crippen LogP) is 3.81. The summed E-state index contributed by atoms with van der Waals surface area (Å²) in [5.41, 5.74) is 6.98. The van der Waals surface area contributed by atoms with E-state index in [9.17, 15) is 0 Å². The average molecular weight is 332 g/mol. The van der Waals surface area contributed by atoms with E-state index in [1.165, 1.54) is 31.4 Å². The van der Waals surface area contributed by atoms with E-state index in [0.29, 0.717) is 6.04 Å². The number of likely N-dealkylation sites (tertiary alicyclic amines) is 1. The van der Waals surface area contributed by atoms with Gasteiger partial charge in [-0.2, -0.15) is 0 Å². The number of hydrogen-bond acceptors (Lipinski definition) is 2. The van der Waals surface area contributed by atoms with Crippen molar-refractivity contribution in [1.29, 1.82) is 0 Å². The molecular weight excluding hydrogens is 312 g/mol. The highest BCUT2D eigenvalue weighted by Gasteiger charge is 2.22. The van der Waals surface area contributed by atoms with Crippen LogP contribution < -0.4 is 5.73 Å². The molecule has 1 atom stereocenters. The molecule has 100 valence electrons. The highest BCUT2D eigenvalue weighted by Crippen LogP contribution is 2.26. The second-order valence-corrected chi connectivity index (χ2v) is 6.22. The minimum atomic E-state index is 0.634. The molecule has 0 bridgehead atoms. The third kappa shape index (κ3) is 3.70. The van der Waals surface area contributed by atoms with Crippen LogP contribution in [0.3, 0.4) is 0 Å². The topological polar surface area (TPSA) is 29.3 Å². The van der Waals surface area contributed by atoms with Gasteiger partial charge in [0, 0.05) is 22.1 Å². The second-order valence-electron chi connectivity index (χ2n) is 4.93. The van der Waals surface area contributed by atoms with Gasteiger partial charge in [-0.1, -0.05) is 34.0 Å². The zero-order chi connectivity index (χ0) is 13.0. The zero-order valence-corrected chi connectivity index (χ0v) is 12.9.